The van der Waals surface area contributed by atoms with E-state index in [0.29, 0.717) is 42.3 Å². The number of sulfonamides is 1. The summed E-state index contributed by atoms with van der Waals surface area (Å²) in [6.45, 7) is 1.49. The van der Waals surface area contributed by atoms with Gasteiger partial charge in [-0.25, -0.2) is 12.7 Å². The van der Waals surface area contributed by atoms with Crippen LogP contribution in [0.15, 0.2) is 42.6 Å². The highest BCUT2D eigenvalue weighted by molar-refractivity contribution is 7.88. The molecule has 39 heavy (non-hydrogen) atoms. The molecule has 2 aromatic carbocycles. The van der Waals surface area contributed by atoms with Crippen molar-refractivity contribution < 1.29 is 26.7 Å². The number of alkyl halides is 3. The molecule has 0 aliphatic carbocycles. The van der Waals surface area contributed by atoms with Gasteiger partial charge >= 0.3 is 6.18 Å². The number of hydrogen-bond acceptors (Lipinski definition) is 7. The number of aromatic amines is 1. The van der Waals surface area contributed by atoms with Crippen LogP contribution in [0.4, 0.5) is 18.3 Å². The van der Waals surface area contributed by atoms with Gasteiger partial charge in [0.05, 0.1) is 23.5 Å². The van der Waals surface area contributed by atoms with E-state index in [-0.39, 0.29) is 27.9 Å². The van der Waals surface area contributed by atoms with Gasteiger partial charge < -0.3 is 10.0 Å². The second-order valence-corrected chi connectivity index (χ2v) is 12.5. The number of hydrogen-bond donors (Lipinski definition) is 2. The lowest BCUT2D eigenvalue weighted by atomic mass is 9.98. The summed E-state index contributed by atoms with van der Waals surface area (Å²) in [6, 6.07) is 8.78. The third-order valence-corrected chi connectivity index (χ3v) is 9.09. The highest BCUT2D eigenvalue weighted by Gasteiger charge is 2.33. The van der Waals surface area contributed by atoms with Crippen molar-refractivity contribution in [2.75, 3.05) is 37.3 Å². The Hall–Kier alpha value is -3.13. The van der Waals surface area contributed by atoms with Crippen molar-refractivity contribution in [2.24, 2.45) is 0 Å². The Morgan fingerprint density at radius 2 is 1.95 bits per heavy atom. The number of aromatic nitrogens is 3. The van der Waals surface area contributed by atoms with Gasteiger partial charge in [0.1, 0.15) is 4.88 Å². The van der Waals surface area contributed by atoms with Crippen molar-refractivity contribution in [3.05, 3.63) is 69.2 Å². The van der Waals surface area contributed by atoms with Gasteiger partial charge in [0.15, 0.2) is 5.13 Å². The van der Waals surface area contributed by atoms with Crippen molar-refractivity contribution in [1.82, 2.24) is 19.5 Å². The zero-order valence-corrected chi connectivity index (χ0v) is 22.9. The zero-order chi connectivity index (χ0) is 27.9. The summed E-state index contributed by atoms with van der Waals surface area (Å²) in [4.78, 5) is 6.47. The van der Waals surface area contributed by atoms with Gasteiger partial charge in [-0.15, -0.1) is 0 Å². The summed E-state index contributed by atoms with van der Waals surface area (Å²) in [5.74, 6) is -0.333. The number of rotatable bonds is 5. The minimum absolute atomic E-state index is 0.0481. The molecule has 0 radical (unpaired) electrons. The number of nitrogens with zero attached hydrogens (tertiary/aromatic N) is 4. The molecule has 0 saturated carbocycles. The van der Waals surface area contributed by atoms with E-state index in [1.807, 2.05) is 4.90 Å². The molecule has 0 bridgehead atoms. The van der Waals surface area contributed by atoms with Crippen LogP contribution in [-0.2, 0) is 16.2 Å². The third-order valence-electron chi connectivity index (χ3n) is 6.41. The summed E-state index contributed by atoms with van der Waals surface area (Å²) in [5.41, 5.74) is 0.600. The summed E-state index contributed by atoms with van der Waals surface area (Å²) < 4.78 is 67.2. The van der Waals surface area contributed by atoms with Crippen LogP contribution in [0.2, 0.25) is 5.02 Å². The Kier molecular flexibility index (Phi) is 7.35. The van der Waals surface area contributed by atoms with Crippen molar-refractivity contribution >= 4 is 60.6 Å². The van der Waals surface area contributed by atoms with Crippen LogP contribution in [0.25, 0.3) is 22.6 Å². The predicted octanol–water partition coefficient (Wildman–Crippen LogP) is 5.46. The molecular formula is C25H23ClF3N5O3S2. The SMILES string of the molecule is CS(=O)(=O)N1CCCN(c2nc(O)c(C(=Cc3ccc(Cl)cc3C(F)(F)F)c3ccc4[nH]ncc4c3)s2)CC1. The molecule has 1 fully saturated rings. The van der Waals surface area contributed by atoms with Crippen LogP contribution < -0.4 is 4.90 Å². The quantitative estimate of drug-likeness (QED) is 0.296. The lowest BCUT2D eigenvalue weighted by molar-refractivity contribution is -0.137. The molecule has 1 aliphatic rings. The van der Waals surface area contributed by atoms with Crippen LogP contribution in [0.3, 0.4) is 0 Å². The van der Waals surface area contributed by atoms with Crippen LogP contribution in [0, 0.1) is 0 Å². The second-order valence-electron chi connectivity index (χ2n) is 9.11. The molecule has 2 aromatic heterocycles. The number of H-pyrrole nitrogens is 1. The van der Waals surface area contributed by atoms with E-state index in [2.05, 4.69) is 15.2 Å². The van der Waals surface area contributed by atoms with E-state index in [4.69, 9.17) is 11.6 Å². The molecule has 8 nitrogen and oxygen atoms in total. The van der Waals surface area contributed by atoms with Crippen LogP contribution in [-0.4, -0.2) is 65.4 Å². The molecule has 5 rings (SSSR count). The van der Waals surface area contributed by atoms with Crippen molar-refractivity contribution in [1.29, 1.82) is 0 Å². The second kappa shape index (κ2) is 10.5. The molecule has 1 saturated heterocycles. The summed E-state index contributed by atoms with van der Waals surface area (Å²) in [5, 5.41) is 18.9. The number of fused-ring (bicyclic) bond motifs is 1. The monoisotopic (exact) mass is 597 g/mol. The molecule has 2 N–H and O–H groups in total. The zero-order valence-electron chi connectivity index (χ0n) is 20.5. The smallest absolute Gasteiger partial charge is 0.417 e. The maximum Gasteiger partial charge on any atom is 0.417 e. The normalized spacial score (nSPS) is 16.1. The number of halogens is 4. The molecular weight excluding hydrogens is 575 g/mol. The fraction of sp³-hybridized carbons (Fsp3) is 0.280. The number of benzene rings is 2. The molecule has 3 heterocycles. The Balaban J connectivity index is 1.61. The van der Waals surface area contributed by atoms with Gasteiger partial charge in [0, 0.05) is 42.2 Å². The molecule has 0 amide bonds. The minimum atomic E-state index is -4.66. The lowest BCUT2D eigenvalue weighted by Crippen LogP contribution is -2.34. The van der Waals surface area contributed by atoms with Gasteiger partial charge in [0.25, 0.3) is 0 Å². The lowest BCUT2D eigenvalue weighted by Gasteiger charge is -2.19. The first kappa shape index (κ1) is 27.4. The first-order valence-electron chi connectivity index (χ1n) is 11.8. The van der Waals surface area contributed by atoms with Crippen LogP contribution in [0.1, 0.15) is 28.0 Å². The van der Waals surface area contributed by atoms with Gasteiger partial charge in [0.2, 0.25) is 15.9 Å². The first-order chi connectivity index (χ1) is 18.4. The first-order valence-corrected chi connectivity index (χ1v) is 14.9. The fourth-order valence-electron chi connectivity index (χ4n) is 4.47. The molecule has 206 valence electrons. The topological polar surface area (TPSA) is 102 Å². The Morgan fingerprint density at radius 1 is 1.15 bits per heavy atom. The van der Waals surface area contributed by atoms with Gasteiger partial charge in [-0.2, -0.15) is 23.3 Å². The molecule has 0 atom stereocenters. The fourth-order valence-corrected chi connectivity index (χ4v) is 6.57. The van der Waals surface area contributed by atoms with Gasteiger partial charge in [-0.1, -0.05) is 35.1 Å². The standard InChI is InChI=1S/C25H23ClF3N5O3S2/c1-39(36,37)34-8-2-7-33(9-10-34)24-31-23(35)22(38-24)19(15-4-6-21-17(11-15)14-30-32-21)12-16-3-5-18(26)13-20(16)25(27,28)29/h3-6,11-14,35H,2,7-10H2,1H3,(H,30,32). The largest absolute Gasteiger partial charge is 0.492 e. The van der Waals surface area contributed by atoms with E-state index in [9.17, 15) is 26.7 Å². The minimum Gasteiger partial charge on any atom is -0.492 e. The number of anilines is 1. The Labute approximate surface area is 231 Å². The molecule has 4 aromatic rings. The summed E-state index contributed by atoms with van der Waals surface area (Å²) in [6.07, 6.45) is 0.0286. The van der Waals surface area contributed by atoms with Gasteiger partial charge in [-0.3, -0.25) is 5.10 Å². The summed E-state index contributed by atoms with van der Waals surface area (Å²) >= 11 is 7.01. The average molecular weight is 598 g/mol. The average Bonchev–Trinajstić information content (AvgIpc) is 3.39. The highest BCUT2D eigenvalue weighted by atomic mass is 35.5. The number of nitrogens with one attached hydrogen (secondary N) is 1. The highest BCUT2D eigenvalue weighted by Crippen LogP contribution is 2.42. The van der Waals surface area contributed by atoms with E-state index in [0.717, 1.165) is 34.6 Å². The van der Waals surface area contributed by atoms with Crippen LogP contribution in [0.5, 0.6) is 5.88 Å². The third kappa shape index (κ3) is 5.91. The predicted molar refractivity (Wildman–Crippen MR) is 147 cm³/mol. The number of thiazole rings is 1. The van der Waals surface area contributed by atoms with E-state index in [1.54, 1.807) is 24.4 Å². The molecule has 0 spiro atoms. The molecule has 14 heteroatoms. The number of aromatic hydroxyl groups is 1. The molecule has 1 aliphatic heterocycles. The van der Waals surface area contributed by atoms with Gasteiger partial charge in [-0.05, 0) is 47.9 Å². The van der Waals surface area contributed by atoms with E-state index in [1.165, 1.54) is 22.5 Å². The van der Waals surface area contributed by atoms with Crippen molar-refractivity contribution in [3.63, 3.8) is 0 Å². The maximum atomic E-state index is 13.9. The van der Waals surface area contributed by atoms with E-state index < -0.39 is 21.8 Å². The Bertz CT molecular complexity index is 1670. The van der Waals surface area contributed by atoms with E-state index >= 15 is 0 Å². The molecule has 0 unspecified atom stereocenters. The van der Waals surface area contributed by atoms with Crippen molar-refractivity contribution in [2.45, 2.75) is 12.6 Å². The Morgan fingerprint density at radius 3 is 2.69 bits per heavy atom. The van der Waals surface area contributed by atoms with Crippen molar-refractivity contribution in [3.8, 4) is 5.88 Å². The summed E-state index contributed by atoms with van der Waals surface area (Å²) in [7, 11) is -3.35. The maximum absolute atomic E-state index is 13.9. The van der Waals surface area contributed by atoms with Crippen LogP contribution >= 0.6 is 22.9 Å².